The molecule has 0 radical (unpaired) electrons. The molecule has 0 aromatic carbocycles. The fraction of sp³-hybridized carbons (Fsp3) is 0.667. The number of nitrogens with zero attached hydrogens (tertiary/aromatic N) is 2. The number of carbonyl (C=O) groups excluding carboxylic acids is 1. The van der Waals surface area contributed by atoms with Crippen LogP contribution in [0.25, 0.3) is 0 Å². The van der Waals surface area contributed by atoms with Crippen molar-refractivity contribution in [3.05, 3.63) is 11.7 Å². The fourth-order valence-corrected chi connectivity index (χ4v) is 1.64. The SMILES string of the molecule is O=C1CNC(c2nc(C3CC3)no2)CN1. The zero-order valence-corrected chi connectivity index (χ0v) is 8.19. The third kappa shape index (κ3) is 1.72. The number of aromatic nitrogens is 2. The number of hydrogen-bond acceptors (Lipinski definition) is 5. The first-order chi connectivity index (χ1) is 7.33. The average Bonchev–Trinajstić information content (AvgIpc) is 2.99. The van der Waals surface area contributed by atoms with Crippen LogP contribution in [0.5, 0.6) is 0 Å². The molecule has 15 heavy (non-hydrogen) atoms. The van der Waals surface area contributed by atoms with Gasteiger partial charge < -0.3 is 9.84 Å². The van der Waals surface area contributed by atoms with Crippen LogP contribution in [0.4, 0.5) is 0 Å². The van der Waals surface area contributed by atoms with E-state index in [9.17, 15) is 4.79 Å². The van der Waals surface area contributed by atoms with Crippen molar-refractivity contribution < 1.29 is 9.32 Å². The van der Waals surface area contributed by atoms with Crippen molar-refractivity contribution >= 4 is 5.91 Å². The molecule has 6 heteroatoms. The second-order valence-corrected chi connectivity index (χ2v) is 4.00. The number of hydrogen-bond donors (Lipinski definition) is 2. The van der Waals surface area contributed by atoms with E-state index in [4.69, 9.17) is 4.52 Å². The predicted molar refractivity (Wildman–Crippen MR) is 50.0 cm³/mol. The molecule has 0 spiro atoms. The normalized spacial score (nSPS) is 26.4. The molecular formula is C9H12N4O2. The third-order valence-corrected chi connectivity index (χ3v) is 2.71. The molecule has 3 rings (SSSR count). The molecule has 1 unspecified atom stereocenters. The molecular weight excluding hydrogens is 196 g/mol. The highest BCUT2D eigenvalue weighted by Crippen LogP contribution is 2.38. The summed E-state index contributed by atoms with van der Waals surface area (Å²) >= 11 is 0. The van der Waals surface area contributed by atoms with Gasteiger partial charge in [-0.15, -0.1) is 0 Å². The van der Waals surface area contributed by atoms with Crippen molar-refractivity contribution in [1.29, 1.82) is 0 Å². The molecule has 2 aliphatic rings. The third-order valence-electron chi connectivity index (χ3n) is 2.71. The molecule has 80 valence electrons. The minimum absolute atomic E-state index is 0.00758. The number of nitrogens with one attached hydrogen (secondary N) is 2. The van der Waals surface area contributed by atoms with Gasteiger partial charge in [-0.25, -0.2) is 0 Å². The van der Waals surface area contributed by atoms with Crippen LogP contribution in [-0.4, -0.2) is 29.1 Å². The summed E-state index contributed by atoms with van der Waals surface area (Å²) in [6, 6.07) is -0.0392. The molecule has 6 nitrogen and oxygen atoms in total. The van der Waals surface area contributed by atoms with E-state index in [0.717, 1.165) is 18.7 Å². The van der Waals surface area contributed by atoms with Crippen molar-refractivity contribution in [2.75, 3.05) is 13.1 Å². The van der Waals surface area contributed by atoms with Gasteiger partial charge in [-0.2, -0.15) is 4.98 Å². The van der Waals surface area contributed by atoms with Crippen LogP contribution in [0.2, 0.25) is 0 Å². The molecule has 2 fully saturated rings. The summed E-state index contributed by atoms with van der Waals surface area (Å²) in [7, 11) is 0. The first-order valence-electron chi connectivity index (χ1n) is 5.16. The molecule has 1 amide bonds. The summed E-state index contributed by atoms with van der Waals surface area (Å²) in [5.74, 6) is 1.90. The van der Waals surface area contributed by atoms with Crippen molar-refractivity contribution in [1.82, 2.24) is 20.8 Å². The van der Waals surface area contributed by atoms with Gasteiger partial charge in [-0.3, -0.25) is 10.1 Å². The minimum Gasteiger partial charge on any atom is -0.353 e. The lowest BCUT2D eigenvalue weighted by atomic mass is 10.2. The van der Waals surface area contributed by atoms with Gasteiger partial charge in [0.1, 0.15) is 6.04 Å². The van der Waals surface area contributed by atoms with E-state index in [0.29, 0.717) is 24.9 Å². The Morgan fingerprint density at radius 2 is 2.27 bits per heavy atom. The fourth-order valence-electron chi connectivity index (χ4n) is 1.64. The number of amides is 1. The number of carbonyl (C=O) groups is 1. The molecule has 1 atom stereocenters. The summed E-state index contributed by atoms with van der Waals surface area (Å²) in [6.45, 7) is 0.830. The maximum Gasteiger partial charge on any atom is 0.245 e. The van der Waals surface area contributed by atoms with E-state index in [2.05, 4.69) is 20.8 Å². The summed E-state index contributed by atoms with van der Waals surface area (Å²) in [6.07, 6.45) is 2.32. The Balaban J connectivity index is 1.71. The van der Waals surface area contributed by atoms with Crippen molar-refractivity contribution in [3.8, 4) is 0 Å². The molecule has 1 aromatic heterocycles. The van der Waals surface area contributed by atoms with Crippen LogP contribution < -0.4 is 10.6 Å². The lowest BCUT2D eigenvalue weighted by molar-refractivity contribution is -0.121. The minimum atomic E-state index is -0.0392. The Morgan fingerprint density at radius 3 is 2.93 bits per heavy atom. The molecule has 1 saturated heterocycles. The van der Waals surface area contributed by atoms with Crippen LogP contribution in [-0.2, 0) is 4.79 Å². The Morgan fingerprint density at radius 1 is 1.40 bits per heavy atom. The van der Waals surface area contributed by atoms with Crippen molar-refractivity contribution in [2.45, 2.75) is 24.8 Å². The molecule has 1 aliphatic heterocycles. The highest BCUT2D eigenvalue weighted by atomic mass is 16.5. The van der Waals surface area contributed by atoms with Gasteiger partial charge in [0.2, 0.25) is 11.8 Å². The highest BCUT2D eigenvalue weighted by Gasteiger charge is 2.31. The van der Waals surface area contributed by atoms with E-state index in [1.807, 2.05) is 0 Å². The van der Waals surface area contributed by atoms with E-state index >= 15 is 0 Å². The van der Waals surface area contributed by atoms with E-state index < -0.39 is 0 Å². The van der Waals surface area contributed by atoms with Crippen LogP contribution in [0, 0.1) is 0 Å². The van der Waals surface area contributed by atoms with Crippen LogP contribution in [0.3, 0.4) is 0 Å². The van der Waals surface area contributed by atoms with Crippen LogP contribution >= 0.6 is 0 Å². The summed E-state index contributed by atoms with van der Waals surface area (Å²) < 4.78 is 5.17. The Kier molecular flexibility index (Phi) is 1.95. The molecule has 2 N–H and O–H groups in total. The van der Waals surface area contributed by atoms with Crippen LogP contribution in [0.1, 0.15) is 36.5 Å². The van der Waals surface area contributed by atoms with Gasteiger partial charge >= 0.3 is 0 Å². The summed E-state index contributed by atoms with van der Waals surface area (Å²) in [5.41, 5.74) is 0. The van der Waals surface area contributed by atoms with E-state index in [1.54, 1.807) is 0 Å². The standard InChI is InChI=1S/C9H12N4O2/c14-7-4-10-6(3-11-7)9-12-8(13-15-9)5-1-2-5/h5-6,10H,1-4H2,(H,11,14). The average molecular weight is 208 g/mol. The second-order valence-electron chi connectivity index (χ2n) is 4.00. The van der Waals surface area contributed by atoms with Gasteiger partial charge in [-0.05, 0) is 12.8 Å². The van der Waals surface area contributed by atoms with Crippen molar-refractivity contribution in [2.24, 2.45) is 0 Å². The molecule has 0 bridgehead atoms. The van der Waals surface area contributed by atoms with Gasteiger partial charge in [0.25, 0.3) is 0 Å². The first kappa shape index (κ1) is 8.84. The van der Waals surface area contributed by atoms with Crippen LogP contribution in [0.15, 0.2) is 4.52 Å². The molecule has 1 aromatic rings. The zero-order chi connectivity index (χ0) is 10.3. The topological polar surface area (TPSA) is 80.1 Å². The zero-order valence-electron chi connectivity index (χ0n) is 8.19. The maximum atomic E-state index is 10.9. The predicted octanol–water partition coefficient (Wildman–Crippen LogP) is -0.292. The van der Waals surface area contributed by atoms with Gasteiger partial charge in [-0.1, -0.05) is 5.16 Å². The Hall–Kier alpha value is -1.43. The van der Waals surface area contributed by atoms with Crippen molar-refractivity contribution in [3.63, 3.8) is 0 Å². The van der Waals surface area contributed by atoms with E-state index in [-0.39, 0.29) is 11.9 Å². The molecule has 1 saturated carbocycles. The second kappa shape index (κ2) is 3.30. The summed E-state index contributed by atoms with van der Waals surface area (Å²) in [4.78, 5) is 15.3. The molecule has 2 heterocycles. The monoisotopic (exact) mass is 208 g/mol. The number of piperazine rings is 1. The van der Waals surface area contributed by atoms with Gasteiger partial charge in [0, 0.05) is 12.5 Å². The largest absolute Gasteiger partial charge is 0.353 e. The first-order valence-corrected chi connectivity index (χ1v) is 5.16. The van der Waals surface area contributed by atoms with E-state index in [1.165, 1.54) is 0 Å². The molecule has 1 aliphatic carbocycles. The quantitative estimate of drug-likeness (QED) is 0.698. The van der Waals surface area contributed by atoms with Gasteiger partial charge in [0.05, 0.1) is 6.54 Å². The maximum absolute atomic E-state index is 10.9. The lowest BCUT2D eigenvalue weighted by Crippen LogP contribution is -2.47. The smallest absolute Gasteiger partial charge is 0.245 e. The lowest BCUT2D eigenvalue weighted by Gasteiger charge is -2.20. The van der Waals surface area contributed by atoms with Gasteiger partial charge in [0.15, 0.2) is 5.82 Å². The Bertz CT molecular complexity index is 375. The summed E-state index contributed by atoms with van der Waals surface area (Å²) in [5, 5.41) is 9.74. The number of rotatable bonds is 2. The highest BCUT2D eigenvalue weighted by molar-refractivity contribution is 5.78. The Labute approximate surface area is 86.4 Å².